The molecule has 2 aromatic rings. The molecular weight excluding hydrogens is 452 g/mol. The van der Waals surface area contributed by atoms with Gasteiger partial charge >= 0.3 is 11.9 Å². The van der Waals surface area contributed by atoms with Gasteiger partial charge in [-0.25, -0.2) is 9.59 Å². The molecule has 7 nitrogen and oxygen atoms in total. The van der Waals surface area contributed by atoms with E-state index in [1.807, 2.05) is 30.3 Å². The molecule has 0 aliphatic carbocycles. The number of benzene rings is 1. The van der Waals surface area contributed by atoms with Gasteiger partial charge in [0, 0.05) is 30.1 Å². The zero-order chi connectivity index (χ0) is 24.7. The van der Waals surface area contributed by atoms with Crippen molar-refractivity contribution in [3.8, 4) is 6.07 Å². The molecule has 2 heterocycles. The summed E-state index contributed by atoms with van der Waals surface area (Å²) in [5.41, 5.74) is 2.46. The summed E-state index contributed by atoms with van der Waals surface area (Å²) in [4.78, 5) is 40.9. The SMILES string of the molecule is CCOC(=O)c1sc(CC(=O)C(C#N)=Cc2ccc(N3CCCC3)cc2)c(C(=O)OCC)c1C. The highest BCUT2D eigenvalue weighted by molar-refractivity contribution is 7.14. The molecule has 8 heteroatoms. The Morgan fingerprint density at radius 1 is 1.06 bits per heavy atom. The van der Waals surface area contributed by atoms with Crippen molar-refractivity contribution < 1.29 is 23.9 Å². The first-order chi connectivity index (χ1) is 16.4. The zero-order valence-electron chi connectivity index (χ0n) is 19.7. The monoisotopic (exact) mass is 480 g/mol. The van der Waals surface area contributed by atoms with Gasteiger partial charge in [0.2, 0.25) is 0 Å². The second-order valence-corrected chi connectivity index (χ2v) is 8.96. The van der Waals surface area contributed by atoms with Crippen LogP contribution in [0.2, 0.25) is 0 Å². The fourth-order valence-corrected chi connectivity index (χ4v) is 5.08. The Hall–Kier alpha value is -3.44. The van der Waals surface area contributed by atoms with Crippen molar-refractivity contribution in [2.24, 2.45) is 0 Å². The standard InChI is InChI=1S/C26H28N2O5S/c1-4-32-25(30)23-17(3)24(26(31)33-5-2)34-22(23)15-21(29)19(16-27)14-18-8-10-20(11-9-18)28-12-6-7-13-28/h8-11,14H,4-7,12-13,15H2,1-3H3. The first-order valence-corrected chi connectivity index (χ1v) is 12.2. The predicted molar refractivity (Wildman–Crippen MR) is 131 cm³/mol. The first-order valence-electron chi connectivity index (χ1n) is 11.4. The second-order valence-electron chi connectivity index (χ2n) is 7.85. The van der Waals surface area contributed by atoms with E-state index in [-0.39, 0.29) is 35.6 Å². The lowest BCUT2D eigenvalue weighted by Crippen LogP contribution is -2.17. The Labute approximate surface area is 203 Å². The van der Waals surface area contributed by atoms with Crippen molar-refractivity contribution in [1.29, 1.82) is 5.26 Å². The summed E-state index contributed by atoms with van der Waals surface area (Å²) in [6.45, 7) is 7.43. The van der Waals surface area contributed by atoms with Gasteiger partial charge in [0.05, 0.1) is 24.4 Å². The van der Waals surface area contributed by atoms with Crippen LogP contribution in [-0.2, 0) is 20.7 Å². The summed E-state index contributed by atoms with van der Waals surface area (Å²) in [6.07, 6.45) is 3.72. The van der Waals surface area contributed by atoms with Crippen LogP contribution in [0.5, 0.6) is 0 Å². The maximum absolute atomic E-state index is 13.0. The van der Waals surface area contributed by atoms with E-state index in [1.54, 1.807) is 26.8 Å². The van der Waals surface area contributed by atoms with E-state index in [0.29, 0.717) is 10.4 Å². The molecule has 0 radical (unpaired) electrons. The van der Waals surface area contributed by atoms with E-state index in [0.717, 1.165) is 35.7 Å². The predicted octanol–water partition coefficient (Wildman–Crippen LogP) is 4.73. The van der Waals surface area contributed by atoms with E-state index >= 15 is 0 Å². The molecule has 0 unspecified atom stereocenters. The van der Waals surface area contributed by atoms with E-state index in [2.05, 4.69) is 4.90 Å². The minimum atomic E-state index is -0.602. The number of allylic oxidation sites excluding steroid dienone is 1. The molecule has 3 rings (SSSR count). The molecule has 0 bridgehead atoms. The van der Waals surface area contributed by atoms with Gasteiger partial charge in [0.25, 0.3) is 0 Å². The molecule has 0 amide bonds. The average molecular weight is 481 g/mol. The highest BCUT2D eigenvalue weighted by Gasteiger charge is 2.28. The van der Waals surface area contributed by atoms with Gasteiger partial charge in [-0.1, -0.05) is 12.1 Å². The van der Waals surface area contributed by atoms with Crippen molar-refractivity contribution in [1.82, 2.24) is 0 Å². The minimum Gasteiger partial charge on any atom is -0.462 e. The van der Waals surface area contributed by atoms with Crippen LogP contribution in [0.3, 0.4) is 0 Å². The van der Waals surface area contributed by atoms with Crippen LogP contribution in [0.4, 0.5) is 5.69 Å². The Morgan fingerprint density at radius 2 is 1.68 bits per heavy atom. The number of rotatable bonds is 9. The van der Waals surface area contributed by atoms with Crippen LogP contribution in [0.1, 0.15) is 62.7 Å². The molecule has 1 fully saturated rings. The fraction of sp³-hybridized carbons (Fsp3) is 0.385. The Bertz CT molecular complexity index is 1140. The number of esters is 2. The van der Waals surface area contributed by atoms with Crippen LogP contribution in [0.15, 0.2) is 29.8 Å². The topological polar surface area (TPSA) is 96.7 Å². The van der Waals surface area contributed by atoms with Gasteiger partial charge < -0.3 is 14.4 Å². The Morgan fingerprint density at radius 3 is 2.26 bits per heavy atom. The van der Waals surface area contributed by atoms with Crippen LogP contribution < -0.4 is 4.90 Å². The smallest absolute Gasteiger partial charge is 0.348 e. The highest BCUT2D eigenvalue weighted by atomic mass is 32.1. The summed E-state index contributed by atoms with van der Waals surface area (Å²) in [6, 6.07) is 9.73. The van der Waals surface area contributed by atoms with Gasteiger partial charge in [-0.3, -0.25) is 4.79 Å². The number of anilines is 1. The van der Waals surface area contributed by atoms with Crippen molar-refractivity contribution >= 4 is 40.8 Å². The van der Waals surface area contributed by atoms with E-state index in [1.165, 1.54) is 12.8 Å². The van der Waals surface area contributed by atoms with Crippen LogP contribution >= 0.6 is 11.3 Å². The molecule has 1 aromatic carbocycles. The van der Waals surface area contributed by atoms with Gasteiger partial charge in [-0.05, 0) is 62.9 Å². The third-order valence-corrected chi connectivity index (χ3v) is 6.85. The third kappa shape index (κ3) is 5.72. The molecule has 34 heavy (non-hydrogen) atoms. The van der Waals surface area contributed by atoms with E-state index in [4.69, 9.17) is 9.47 Å². The molecule has 1 saturated heterocycles. The largest absolute Gasteiger partial charge is 0.462 e. The lowest BCUT2D eigenvalue weighted by Gasteiger charge is -2.17. The number of hydrogen-bond donors (Lipinski definition) is 0. The molecule has 0 saturated carbocycles. The number of nitriles is 1. The molecule has 1 aliphatic rings. The number of Topliss-reactive ketones (excluding diaryl/α,β-unsaturated/α-hetero) is 1. The Balaban J connectivity index is 1.86. The normalized spacial score (nSPS) is 13.5. The maximum Gasteiger partial charge on any atom is 0.348 e. The van der Waals surface area contributed by atoms with Crippen LogP contribution in [0.25, 0.3) is 6.08 Å². The fourth-order valence-electron chi connectivity index (χ4n) is 3.90. The van der Waals surface area contributed by atoms with E-state index < -0.39 is 17.7 Å². The van der Waals surface area contributed by atoms with Gasteiger partial charge in [-0.15, -0.1) is 11.3 Å². The van der Waals surface area contributed by atoms with Crippen molar-refractivity contribution in [2.45, 2.75) is 40.0 Å². The van der Waals surface area contributed by atoms with Crippen molar-refractivity contribution in [3.05, 3.63) is 56.3 Å². The summed E-state index contributed by atoms with van der Waals surface area (Å²) >= 11 is 1.03. The third-order valence-electron chi connectivity index (χ3n) is 5.58. The van der Waals surface area contributed by atoms with Crippen molar-refractivity contribution in [2.75, 3.05) is 31.2 Å². The first kappa shape index (κ1) is 25.2. The van der Waals surface area contributed by atoms with E-state index in [9.17, 15) is 19.6 Å². The maximum atomic E-state index is 13.0. The molecule has 1 aromatic heterocycles. The molecular formula is C26H28N2O5S. The number of ether oxygens (including phenoxy) is 2. The quantitative estimate of drug-likeness (QED) is 0.291. The molecule has 178 valence electrons. The molecule has 0 N–H and O–H groups in total. The number of thiophene rings is 1. The summed E-state index contributed by atoms with van der Waals surface area (Å²) in [7, 11) is 0. The van der Waals surface area contributed by atoms with Gasteiger partial charge in [-0.2, -0.15) is 5.26 Å². The Kier molecular flexibility index (Phi) is 8.61. The number of nitrogens with zero attached hydrogens (tertiary/aromatic N) is 2. The lowest BCUT2D eigenvalue weighted by molar-refractivity contribution is -0.114. The molecule has 0 atom stereocenters. The number of carbonyl (C=O) groups is 3. The molecule has 1 aliphatic heterocycles. The van der Waals surface area contributed by atoms with Gasteiger partial charge in [0.1, 0.15) is 10.9 Å². The average Bonchev–Trinajstić information content (AvgIpc) is 3.46. The second kappa shape index (κ2) is 11.6. The van der Waals surface area contributed by atoms with Crippen LogP contribution in [-0.4, -0.2) is 44.0 Å². The highest BCUT2D eigenvalue weighted by Crippen LogP contribution is 2.31. The number of hydrogen-bond acceptors (Lipinski definition) is 8. The number of ketones is 1. The zero-order valence-corrected chi connectivity index (χ0v) is 20.5. The molecule has 0 spiro atoms. The lowest BCUT2D eigenvalue weighted by atomic mass is 10.0. The summed E-state index contributed by atoms with van der Waals surface area (Å²) in [5.74, 6) is -1.59. The minimum absolute atomic E-state index is 0.0209. The summed E-state index contributed by atoms with van der Waals surface area (Å²) < 4.78 is 10.2. The van der Waals surface area contributed by atoms with Gasteiger partial charge in [0.15, 0.2) is 5.78 Å². The number of carbonyl (C=O) groups excluding carboxylic acids is 3. The summed E-state index contributed by atoms with van der Waals surface area (Å²) in [5, 5.41) is 9.63. The van der Waals surface area contributed by atoms with Crippen molar-refractivity contribution in [3.63, 3.8) is 0 Å². The van der Waals surface area contributed by atoms with Crippen LogP contribution in [0, 0.1) is 18.3 Å².